The summed E-state index contributed by atoms with van der Waals surface area (Å²) in [4.78, 5) is 0. The Kier molecular flexibility index (Phi) is 2.30. The standard InChI is InChI=1S/C20H32/c1-19(2)16-4-5-20(19,3)17(11-16)18-14-7-12-6-13(9-14)10-15(18)8-12/h12-18H,4-11H2,1-3H3/t12?,13?,14?,15?,16?,17?,18?,20-/m0/s1. The average Bonchev–Trinajstić information content (AvgIpc) is 2.70. The van der Waals surface area contributed by atoms with E-state index in [1.807, 2.05) is 0 Å². The number of rotatable bonds is 1. The molecule has 20 heavy (non-hydrogen) atoms. The molecule has 6 aliphatic carbocycles. The van der Waals surface area contributed by atoms with Crippen LogP contribution in [0.2, 0.25) is 0 Å². The van der Waals surface area contributed by atoms with E-state index in [0.29, 0.717) is 10.8 Å². The fraction of sp³-hybridized carbons (Fsp3) is 1.00. The second kappa shape index (κ2) is 3.66. The molecule has 6 aliphatic rings. The molecule has 0 N–H and O–H groups in total. The number of fused-ring (bicyclic) bond motifs is 2. The van der Waals surface area contributed by atoms with Crippen molar-refractivity contribution in [2.45, 2.75) is 72.1 Å². The van der Waals surface area contributed by atoms with Gasteiger partial charge < -0.3 is 0 Å². The molecule has 6 rings (SSSR count). The predicted octanol–water partition coefficient (Wildman–Crippen LogP) is 5.52. The zero-order valence-electron chi connectivity index (χ0n) is 13.7. The first kappa shape index (κ1) is 12.5. The normalized spacial score (nSPS) is 62.2. The summed E-state index contributed by atoms with van der Waals surface area (Å²) in [6.45, 7) is 7.91. The Morgan fingerprint density at radius 1 is 0.750 bits per heavy atom. The molecule has 0 heteroatoms. The highest BCUT2D eigenvalue weighted by atomic mass is 14.7. The minimum atomic E-state index is 0.631. The van der Waals surface area contributed by atoms with E-state index in [9.17, 15) is 0 Å². The van der Waals surface area contributed by atoms with Crippen LogP contribution in [0.25, 0.3) is 0 Å². The molecule has 0 heterocycles. The molecular weight excluding hydrogens is 240 g/mol. The molecule has 0 radical (unpaired) electrons. The Hall–Kier alpha value is 0. The van der Waals surface area contributed by atoms with E-state index < -0.39 is 0 Å². The lowest BCUT2D eigenvalue weighted by atomic mass is 9.46. The highest BCUT2D eigenvalue weighted by molar-refractivity contribution is 5.14. The molecule has 0 aromatic heterocycles. The lowest BCUT2D eigenvalue weighted by Gasteiger charge is -2.59. The van der Waals surface area contributed by atoms with Crippen molar-refractivity contribution in [1.82, 2.24) is 0 Å². The zero-order valence-corrected chi connectivity index (χ0v) is 13.7. The fourth-order valence-corrected chi connectivity index (χ4v) is 8.47. The van der Waals surface area contributed by atoms with Gasteiger partial charge in [0.2, 0.25) is 0 Å². The molecule has 0 aromatic carbocycles. The first-order valence-corrected chi connectivity index (χ1v) is 9.49. The van der Waals surface area contributed by atoms with Crippen molar-refractivity contribution in [2.24, 2.45) is 52.3 Å². The van der Waals surface area contributed by atoms with Crippen molar-refractivity contribution in [2.75, 3.05) is 0 Å². The van der Waals surface area contributed by atoms with Gasteiger partial charge in [-0.1, -0.05) is 20.8 Å². The lowest BCUT2D eigenvalue weighted by molar-refractivity contribution is -0.0931. The third-order valence-electron chi connectivity index (χ3n) is 9.63. The van der Waals surface area contributed by atoms with Gasteiger partial charge in [0.05, 0.1) is 0 Å². The molecule has 6 saturated carbocycles. The van der Waals surface area contributed by atoms with Crippen LogP contribution in [-0.2, 0) is 0 Å². The van der Waals surface area contributed by atoms with Gasteiger partial charge in [-0.15, -0.1) is 0 Å². The molecule has 0 saturated heterocycles. The molecule has 2 unspecified atom stereocenters. The highest BCUT2D eigenvalue weighted by Gasteiger charge is 2.65. The van der Waals surface area contributed by atoms with Gasteiger partial charge in [0.15, 0.2) is 0 Å². The van der Waals surface area contributed by atoms with Gasteiger partial charge in [0.1, 0.15) is 0 Å². The zero-order chi connectivity index (χ0) is 13.7. The fourth-order valence-electron chi connectivity index (χ4n) is 8.47. The van der Waals surface area contributed by atoms with Crippen molar-refractivity contribution in [3.8, 4) is 0 Å². The molecular formula is C20H32. The van der Waals surface area contributed by atoms with Gasteiger partial charge in [-0.25, -0.2) is 0 Å². The van der Waals surface area contributed by atoms with E-state index in [2.05, 4.69) is 20.8 Å². The van der Waals surface area contributed by atoms with Crippen LogP contribution in [0.4, 0.5) is 0 Å². The molecule has 0 nitrogen and oxygen atoms in total. The number of hydrogen-bond donors (Lipinski definition) is 0. The van der Waals surface area contributed by atoms with Gasteiger partial charge >= 0.3 is 0 Å². The van der Waals surface area contributed by atoms with E-state index in [1.54, 1.807) is 38.5 Å². The van der Waals surface area contributed by atoms with Crippen LogP contribution in [0.1, 0.15) is 72.1 Å². The Labute approximate surface area is 125 Å². The minimum Gasteiger partial charge on any atom is -0.0591 e. The summed E-state index contributed by atoms with van der Waals surface area (Å²) in [6, 6.07) is 0. The topological polar surface area (TPSA) is 0 Å². The predicted molar refractivity (Wildman–Crippen MR) is 83.3 cm³/mol. The van der Waals surface area contributed by atoms with Gasteiger partial charge in [-0.05, 0) is 104 Å². The third-order valence-corrected chi connectivity index (χ3v) is 9.63. The van der Waals surface area contributed by atoms with Crippen molar-refractivity contribution < 1.29 is 0 Å². The van der Waals surface area contributed by atoms with Crippen LogP contribution in [0.5, 0.6) is 0 Å². The first-order valence-electron chi connectivity index (χ1n) is 9.49. The van der Waals surface area contributed by atoms with Gasteiger partial charge in [-0.2, -0.15) is 0 Å². The summed E-state index contributed by atoms with van der Waals surface area (Å²) in [7, 11) is 0. The molecule has 0 aliphatic heterocycles. The minimum absolute atomic E-state index is 0.631. The molecule has 6 bridgehead atoms. The average molecular weight is 272 g/mol. The Morgan fingerprint density at radius 3 is 1.80 bits per heavy atom. The molecule has 112 valence electrons. The summed E-state index contributed by atoms with van der Waals surface area (Å²) in [5.74, 6) is 7.85. The largest absolute Gasteiger partial charge is 0.0591 e. The second-order valence-electron chi connectivity index (χ2n) is 10.2. The summed E-state index contributed by atoms with van der Waals surface area (Å²) in [5, 5.41) is 0. The van der Waals surface area contributed by atoms with Crippen LogP contribution in [0, 0.1) is 52.3 Å². The molecule has 0 aromatic rings. The van der Waals surface area contributed by atoms with Crippen molar-refractivity contribution >= 4 is 0 Å². The van der Waals surface area contributed by atoms with E-state index >= 15 is 0 Å². The van der Waals surface area contributed by atoms with E-state index in [-0.39, 0.29) is 0 Å². The molecule has 6 fully saturated rings. The molecule has 0 spiro atoms. The van der Waals surface area contributed by atoms with Crippen molar-refractivity contribution in [1.29, 1.82) is 0 Å². The van der Waals surface area contributed by atoms with Gasteiger partial charge in [-0.3, -0.25) is 0 Å². The maximum absolute atomic E-state index is 2.69. The molecule has 3 atom stereocenters. The van der Waals surface area contributed by atoms with Crippen LogP contribution in [0.3, 0.4) is 0 Å². The maximum Gasteiger partial charge on any atom is -0.0241 e. The summed E-state index contributed by atoms with van der Waals surface area (Å²) < 4.78 is 0. The molecule has 0 amide bonds. The van der Waals surface area contributed by atoms with E-state index in [0.717, 1.165) is 41.4 Å². The lowest BCUT2D eigenvalue weighted by Crippen LogP contribution is -2.50. The monoisotopic (exact) mass is 272 g/mol. The second-order valence-corrected chi connectivity index (χ2v) is 10.2. The smallest absolute Gasteiger partial charge is 0.0241 e. The third kappa shape index (κ3) is 1.31. The highest BCUT2D eigenvalue weighted by Crippen LogP contribution is 2.73. The van der Waals surface area contributed by atoms with Crippen molar-refractivity contribution in [3.63, 3.8) is 0 Å². The van der Waals surface area contributed by atoms with Crippen LogP contribution in [-0.4, -0.2) is 0 Å². The summed E-state index contributed by atoms with van der Waals surface area (Å²) >= 11 is 0. The first-order chi connectivity index (χ1) is 9.49. The Balaban J connectivity index is 1.50. The summed E-state index contributed by atoms with van der Waals surface area (Å²) in [5.41, 5.74) is 1.31. The van der Waals surface area contributed by atoms with Crippen LogP contribution in [0.15, 0.2) is 0 Å². The summed E-state index contributed by atoms with van der Waals surface area (Å²) in [6.07, 6.45) is 12.8. The maximum atomic E-state index is 2.69. The van der Waals surface area contributed by atoms with Gasteiger partial charge in [0, 0.05) is 0 Å². The van der Waals surface area contributed by atoms with Crippen LogP contribution >= 0.6 is 0 Å². The Morgan fingerprint density at radius 2 is 1.35 bits per heavy atom. The Bertz CT molecular complexity index is 405. The number of hydrogen-bond acceptors (Lipinski definition) is 0. The van der Waals surface area contributed by atoms with Gasteiger partial charge in [0.25, 0.3) is 0 Å². The van der Waals surface area contributed by atoms with Crippen molar-refractivity contribution in [3.05, 3.63) is 0 Å². The van der Waals surface area contributed by atoms with E-state index in [4.69, 9.17) is 0 Å². The van der Waals surface area contributed by atoms with E-state index in [1.165, 1.54) is 12.8 Å². The quantitative estimate of drug-likeness (QED) is 0.589. The SMILES string of the molecule is CC1(C)C2CC[C@@]1(C)C(C1C3CC4CC(C3)CC1C4)C2. The van der Waals surface area contributed by atoms with Crippen LogP contribution < -0.4 is 0 Å².